The zero-order valence-corrected chi connectivity index (χ0v) is 17.4. The number of hydrogen-bond donors (Lipinski definition) is 1. The summed E-state index contributed by atoms with van der Waals surface area (Å²) in [5.74, 6) is 0.904. The predicted molar refractivity (Wildman–Crippen MR) is 109 cm³/mol. The van der Waals surface area contributed by atoms with Crippen molar-refractivity contribution in [1.29, 1.82) is 0 Å². The van der Waals surface area contributed by atoms with Gasteiger partial charge in [-0.1, -0.05) is 50.2 Å². The number of nitrogens with zero attached hydrogens (tertiary/aromatic N) is 1. The molecule has 0 unspecified atom stereocenters. The Morgan fingerprint density at radius 1 is 1.07 bits per heavy atom. The summed E-state index contributed by atoms with van der Waals surface area (Å²) in [6.45, 7) is 4.90. The number of carbonyl (C=O) groups excluding carboxylic acids is 1. The van der Waals surface area contributed by atoms with Crippen LogP contribution >= 0.6 is 0 Å². The third kappa shape index (κ3) is 6.35. The van der Waals surface area contributed by atoms with Gasteiger partial charge in [0.15, 0.2) is 0 Å². The number of nitrogens with one attached hydrogen (secondary N) is 1. The maximum Gasteiger partial charge on any atom is 0.243 e. The number of amides is 1. The molecule has 0 aliphatic rings. The summed E-state index contributed by atoms with van der Waals surface area (Å²) in [5.41, 5.74) is 0.855. The highest BCUT2D eigenvalue weighted by molar-refractivity contribution is 7.89. The van der Waals surface area contributed by atoms with E-state index in [4.69, 9.17) is 4.74 Å². The number of rotatable bonds is 10. The zero-order valence-electron chi connectivity index (χ0n) is 16.6. The molecule has 28 heavy (non-hydrogen) atoms. The topological polar surface area (TPSA) is 75.7 Å². The van der Waals surface area contributed by atoms with Crippen LogP contribution in [0.4, 0.5) is 0 Å². The van der Waals surface area contributed by atoms with E-state index in [0.29, 0.717) is 12.5 Å². The van der Waals surface area contributed by atoms with Gasteiger partial charge in [0.25, 0.3) is 0 Å². The summed E-state index contributed by atoms with van der Waals surface area (Å²) in [6.07, 6.45) is 0.947. The molecule has 2 rings (SSSR count). The highest BCUT2D eigenvalue weighted by Gasteiger charge is 2.22. The fourth-order valence-electron chi connectivity index (χ4n) is 2.50. The maximum absolute atomic E-state index is 12.5. The van der Waals surface area contributed by atoms with Gasteiger partial charge in [-0.2, -0.15) is 4.31 Å². The third-order valence-corrected chi connectivity index (χ3v) is 6.04. The van der Waals surface area contributed by atoms with Crippen molar-refractivity contribution in [1.82, 2.24) is 9.62 Å². The first-order chi connectivity index (χ1) is 13.3. The highest BCUT2D eigenvalue weighted by atomic mass is 32.2. The van der Waals surface area contributed by atoms with E-state index >= 15 is 0 Å². The van der Waals surface area contributed by atoms with Gasteiger partial charge in [0.1, 0.15) is 5.75 Å². The van der Waals surface area contributed by atoms with Gasteiger partial charge in [-0.25, -0.2) is 8.42 Å². The van der Waals surface area contributed by atoms with Crippen LogP contribution in [0.15, 0.2) is 59.5 Å². The Morgan fingerprint density at radius 2 is 1.71 bits per heavy atom. The minimum Gasteiger partial charge on any atom is -0.493 e. The number of ether oxygens (including phenoxy) is 1. The highest BCUT2D eigenvalue weighted by Crippen LogP contribution is 2.19. The van der Waals surface area contributed by atoms with Gasteiger partial charge in [0.2, 0.25) is 15.9 Å². The van der Waals surface area contributed by atoms with Crippen LogP contribution in [0.2, 0.25) is 0 Å². The van der Waals surface area contributed by atoms with Gasteiger partial charge < -0.3 is 10.1 Å². The number of carbonyl (C=O) groups is 1. The Balaban J connectivity index is 1.92. The summed E-state index contributed by atoms with van der Waals surface area (Å²) in [7, 11) is -2.30. The molecule has 0 saturated carbocycles. The van der Waals surface area contributed by atoms with Crippen LogP contribution in [0.25, 0.3) is 0 Å². The van der Waals surface area contributed by atoms with Gasteiger partial charge in [-0.3, -0.25) is 4.79 Å². The van der Waals surface area contributed by atoms with Gasteiger partial charge in [0.05, 0.1) is 18.0 Å². The lowest BCUT2D eigenvalue weighted by atomic mass is 10.1. The average molecular weight is 405 g/mol. The number of benzene rings is 2. The summed E-state index contributed by atoms with van der Waals surface area (Å²) >= 11 is 0. The Morgan fingerprint density at radius 3 is 2.39 bits per heavy atom. The first-order valence-corrected chi connectivity index (χ1v) is 10.7. The van der Waals surface area contributed by atoms with E-state index in [0.717, 1.165) is 22.0 Å². The van der Waals surface area contributed by atoms with Crippen LogP contribution in [-0.2, 0) is 21.4 Å². The van der Waals surface area contributed by atoms with E-state index in [1.807, 2.05) is 24.3 Å². The molecular weight excluding hydrogens is 376 g/mol. The molecule has 0 aliphatic carbocycles. The number of hydrogen-bond acceptors (Lipinski definition) is 4. The van der Waals surface area contributed by atoms with Crippen molar-refractivity contribution in [3.05, 3.63) is 60.2 Å². The first-order valence-electron chi connectivity index (χ1n) is 9.29. The molecule has 2 aromatic carbocycles. The molecule has 6 nitrogen and oxygen atoms in total. The largest absolute Gasteiger partial charge is 0.493 e. The van der Waals surface area contributed by atoms with E-state index in [1.54, 1.807) is 18.2 Å². The Bertz CT molecular complexity index is 867. The molecule has 7 heteroatoms. The second-order valence-corrected chi connectivity index (χ2v) is 9.03. The predicted octanol–water partition coefficient (Wildman–Crippen LogP) is 3.05. The molecule has 1 amide bonds. The van der Waals surface area contributed by atoms with E-state index in [2.05, 4.69) is 19.2 Å². The molecule has 152 valence electrons. The fraction of sp³-hybridized carbons (Fsp3) is 0.381. The molecule has 0 aliphatic heterocycles. The Labute approximate surface area is 167 Å². The SMILES string of the molecule is CC(C)CCOc1ccccc1CNC(=O)CN(C)S(=O)(=O)c1ccccc1. The van der Waals surface area contributed by atoms with Gasteiger partial charge >= 0.3 is 0 Å². The van der Waals surface area contributed by atoms with Crippen molar-refractivity contribution < 1.29 is 17.9 Å². The molecule has 0 bridgehead atoms. The third-order valence-electron chi connectivity index (χ3n) is 4.22. The minimum absolute atomic E-state index is 0.161. The number of para-hydroxylation sites is 1. The Kier molecular flexibility index (Phi) is 8.02. The fourth-order valence-corrected chi connectivity index (χ4v) is 3.65. The van der Waals surface area contributed by atoms with Crippen LogP contribution in [0.3, 0.4) is 0 Å². The lowest BCUT2D eigenvalue weighted by Gasteiger charge is -2.17. The van der Waals surface area contributed by atoms with Crippen LogP contribution in [0.5, 0.6) is 5.75 Å². The van der Waals surface area contributed by atoms with Gasteiger partial charge in [-0.05, 0) is 30.5 Å². The Hall–Kier alpha value is -2.38. The summed E-state index contributed by atoms with van der Waals surface area (Å²) in [4.78, 5) is 12.4. The minimum atomic E-state index is -3.70. The maximum atomic E-state index is 12.5. The van der Waals surface area contributed by atoms with E-state index in [1.165, 1.54) is 19.2 Å². The van der Waals surface area contributed by atoms with E-state index in [9.17, 15) is 13.2 Å². The molecule has 2 aromatic rings. The second kappa shape index (κ2) is 10.2. The van der Waals surface area contributed by atoms with Crippen LogP contribution in [-0.4, -0.2) is 38.8 Å². The molecule has 0 radical (unpaired) electrons. The molecule has 0 saturated heterocycles. The molecule has 0 heterocycles. The lowest BCUT2D eigenvalue weighted by Crippen LogP contribution is -2.38. The van der Waals surface area contributed by atoms with Crippen LogP contribution < -0.4 is 10.1 Å². The summed E-state index contributed by atoms with van der Waals surface area (Å²) in [5, 5.41) is 2.77. The molecule has 0 aromatic heterocycles. The lowest BCUT2D eigenvalue weighted by molar-refractivity contribution is -0.121. The zero-order chi connectivity index (χ0) is 20.6. The van der Waals surface area contributed by atoms with Crippen molar-refractivity contribution in [3.8, 4) is 5.75 Å². The molecule has 0 spiro atoms. The number of likely N-dealkylation sites (N-methyl/N-ethyl adjacent to an activating group) is 1. The molecule has 0 fully saturated rings. The van der Waals surface area contributed by atoms with Crippen LogP contribution in [0.1, 0.15) is 25.8 Å². The smallest absolute Gasteiger partial charge is 0.243 e. The van der Waals surface area contributed by atoms with Crippen molar-refractivity contribution >= 4 is 15.9 Å². The molecule has 1 N–H and O–H groups in total. The average Bonchev–Trinajstić information content (AvgIpc) is 2.67. The van der Waals surface area contributed by atoms with Gasteiger partial charge in [-0.15, -0.1) is 0 Å². The summed E-state index contributed by atoms with van der Waals surface area (Å²) < 4.78 is 31.9. The van der Waals surface area contributed by atoms with Crippen molar-refractivity contribution in [2.45, 2.75) is 31.7 Å². The first kappa shape index (κ1) is 21.9. The second-order valence-electron chi connectivity index (χ2n) is 6.99. The van der Waals surface area contributed by atoms with Crippen molar-refractivity contribution in [3.63, 3.8) is 0 Å². The number of sulfonamides is 1. The normalized spacial score (nSPS) is 11.6. The van der Waals surface area contributed by atoms with Crippen molar-refractivity contribution in [2.24, 2.45) is 5.92 Å². The van der Waals surface area contributed by atoms with Crippen LogP contribution in [0, 0.1) is 5.92 Å². The quantitative estimate of drug-likeness (QED) is 0.660. The standard InChI is InChI=1S/C21H28N2O4S/c1-17(2)13-14-27-20-12-8-7-9-18(20)15-22-21(24)16-23(3)28(25,26)19-10-5-4-6-11-19/h4-12,17H,13-16H2,1-3H3,(H,22,24). The van der Waals surface area contributed by atoms with Gasteiger partial charge in [0, 0.05) is 19.2 Å². The summed E-state index contributed by atoms with van der Waals surface area (Å²) in [6, 6.07) is 15.6. The monoisotopic (exact) mass is 404 g/mol. The van der Waals surface area contributed by atoms with E-state index in [-0.39, 0.29) is 23.9 Å². The molecular formula is C21H28N2O4S. The van der Waals surface area contributed by atoms with E-state index < -0.39 is 10.0 Å². The molecule has 0 atom stereocenters. The van der Waals surface area contributed by atoms with Crippen molar-refractivity contribution in [2.75, 3.05) is 20.2 Å².